The van der Waals surface area contributed by atoms with Gasteiger partial charge in [-0.25, -0.2) is 4.90 Å². The first-order valence-electron chi connectivity index (χ1n) is 7.40. The summed E-state index contributed by atoms with van der Waals surface area (Å²) in [5.41, 5.74) is 1.88. The number of carbonyl (C=O) groups excluding carboxylic acids is 2. The third-order valence-electron chi connectivity index (χ3n) is 3.84. The molecule has 1 aliphatic heterocycles. The molecule has 122 valence electrons. The van der Waals surface area contributed by atoms with Crippen molar-refractivity contribution in [2.24, 2.45) is 0 Å². The zero-order chi connectivity index (χ0) is 17.3. The largest absolute Gasteiger partial charge is 0.373 e. The highest BCUT2D eigenvalue weighted by Gasteiger charge is 2.39. The molecule has 1 saturated heterocycles. The molecule has 1 N–H and O–H groups in total. The molecule has 1 aliphatic rings. The Labute approximate surface area is 138 Å². The Hall–Kier alpha value is -3.22. The van der Waals surface area contributed by atoms with Crippen LogP contribution < -0.4 is 10.2 Å². The van der Waals surface area contributed by atoms with E-state index in [1.807, 2.05) is 31.2 Å². The summed E-state index contributed by atoms with van der Waals surface area (Å²) in [4.78, 5) is 36.1. The summed E-state index contributed by atoms with van der Waals surface area (Å²) in [6.45, 7) is 1.96. The molecule has 1 fully saturated rings. The maximum absolute atomic E-state index is 12.5. The van der Waals surface area contributed by atoms with Crippen LogP contribution in [0.3, 0.4) is 0 Å². The molecular weight excluding hydrogens is 310 g/mol. The molecule has 0 saturated carbocycles. The predicted molar refractivity (Wildman–Crippen MR) is 88.8 cm³/mol. The number of nitro benzene ring substituents is 1. The molecule has 0 unspecified atom stereocenters. The van der Waals surface area contributed by atoms with Crippen LogP contribution in [-0.4, -0.2) is 22.8 Å². The standard InChI is InChI=1S/C17H15N3O4/c1-11-5-7-12(8-6-11)18-15-10-16(21)19(17(15)22)13-3-2-4-14(9-13)20(23)24/h2-9,15,18H,10H2,1H3/t15-/m0/s1. The van der Waals surface area contributed by atoms with Gasteiger partial charge in [0.05, 0.1) is 17.0 Å². The molecule has 2 aromatic carbocycles. The van der Waals surface area contributed by atoms with Crippen molar-refractivity contribution in [3.8, 4) is 0 Å². The Morgan fingerprint density at radius 3 is 2.54 bits per heavy atom. The number of hydrogen-bond acceptors (Lipinski definition) is 5. The van der Waals surface area contributed by atoms with Crippen LogP contribution in [0.5, 0.6) is 0 Å². The molecule has 1 heterocycles. The van der Waals surface area contributed by atoms with Crippen molar-refractivity contribution in [2.45, 2.75) is 19.4 Å². The van der Waals surface area contributed by atoms with E-state index in [9.17, 15) is 19.7 Å². The van der Waals surface area contributed by atoms with Crippen molar-refractivity contribution in [1.82, 2.24) is 0 Å². The molecule has 3 rings (SSSR count). The van der Waals surface area contributed by atoms with Gasteiger partial charge in [-0.15, -0.1) is 0 Å². The van der Waals surface area contributed by atoms with Crippen LogP contribution in [0.4, 0.5) is 17.1 Å². The number of non-ortho nitro benzene ring substituents is 1. The summed E-state index contributed by atoms with van der Waals surface area (Å²) < 4.78 is 0. The zero-order valence-corrected chi connectivity index (χ0v) is 12.9. The van der Waals surface area contributed by atoms with E-state index in [1.165, 1.54) is 24.3 Å². The Morgan fingerprint density at radius 2 is 1.88 bits per heavy atom. The van der Waals surface area contributed by atoms with E-state index < -0.39 is 16.9 Å². The maximum atomic E-state index is 12.5. The van der Waals surface area contributed by atoms with Crippen LogP contribution >= 0.6 is 0 Å². The minimum Gasteiger partial charge on any atom is -0.373 e. The average molecular weight is 325 g/mol. The van der Waals surface area contributed by atoms with E-state index in [4.69, 9.17) is 0 Å². The lowest BCUT2D eigenvalue weighted by Gasteiger charge is -2.16. The van der Waals surface area contributed by atoms with Gasteiger partial charge in [-0.2, -0.15) is 0 Å². The maximum Gasteiger partial charge on any atom is 0.271 e. The van der Waals surface area contributed by atoms with Gasteiger partial charge in [-0.3, -0.25) is 19.7 Å². The number of rotatable bonds is 4. The van der Waals surface area contributed by atoms with Crippen molar-refractivity contribution < 1.29 is 14.5 Å². The molecule has 24 heavy (non-hydrogen) atoms. The second-order valence-electron chi connectivity index (χ2n) is 5.61. The zero-order valence-electron chi connectivity index (χ0n) is 12.9. The fourth-order valence-corrected chi connectivity index (χ4v) is 2.61. The van der Waals surface area contributed by atoms with Crippen LogP contribution in [0.15, 0.2) is 48.5 Å². The lowest BCUT2D eigenvalue weighted by atomic mass is 10.2. The third kappa shape index (κ3) is 2.96. The Morgan fingerprint density at radius 1 is 1.17 bits per heavy atom. The van der Waals surface area contributed by atoms with E-state index >= 15 is 0 Å². The summed E-state index contributed by atoms with van der Waals surface area (Å²) in [7, 11) is 0. The van der Waals surface area contributed by atoms with Gasteiger partial charge >= 0.3 is 0 Å². The van der Waals surface area contributed by atoms with Crippen molar-refractivity contribution in [3.63, 3.8) is 0 Å². The van der Waals surface area contributed by atoms with Crippen molar-refractivity contribution in [3.05, 3.63) is 64.2 Å². The number of carbonyl (C=O) groups is 2. The molecule has 0 aliphatic carbocycles. The summed E-state index contributed by atoms with van der Waals surface area (Å²) >= 11 is 0. The van der Waals surface area contributed by atoms with Crippen LogP contribution in [-0.2, 0) is 9.59 Å². The third-order valence-corrected chi connectivity index (χ3v) is 3.84. The molecule has 0 aromatic heterocycles. The van der Waals surface area contributed by atoms with Gasteiger partial charge in [0.15, 0.2) is 0 Å². The summed E-state index contributed by atoms with van der Waals surface area (Å²) in [5, 5.41) is 13.9. The SMILES string of the molecule is Cc1ccc(N[C@H]2CC(=O)N(c3cccc([N+](=O)[O-])c3)C2=O)cc1. The fraction of sp³-hybridized carbons (Fsp3) is 0.176. The Balaban J connectivity index is 1.82. The average Bonchev–Trinajstić information content (AvgIpc) is 2.83. The van der Waals surface area contributed by atoms with Crippen molar-refractivity contribution in [1.29, 1.82) is 0 Å². The smallest absolute Gasteiger partial charge is 0.271 e. The summed E-state index contributed by atoms with van der Waals surface area (Å²) in [6.07, 6.45) is 0.00933. The predicted octanol–water partition coefficient (Wildman–Crippen LogP) is 2.65. The Bertz CT molecular complexity index is 817. The molecule has 2 aromatic rings. The molecule has 1 atom stereocenters. The number of benzene rings is 2. The van der Waals surface area contributed by atoms with Crippen molar-refractivity contribution in [2.75, 3.05) is 10.2 Å². The normalized spacial score (nSPS) is 17.2. The molecule has 7 nitrogen and oxygen atoms in total. The fourth-order valence-electron chi connectivity index (χ4n) is 2.61. The number of hydrogen-bond donors (Lipinski definition) is 1. The number of nitro groups is 1. The van der Waals surface area contributed by atoms with Crippen LogP contribution in [0.1, 0.15) is 12.0 Å². The molecule has 7 heteroatoms. The highest BCUT2D eigenvalue weighted by atomic mass is 16.6. The molecule has 0 radical (unpaired) electrons. The van der Waals surface area contributed by atoms with Crippen LogP contribution in [0.2, 0.25) is 0 Å². The second kappa shape index (κ2) is 6.11. The van der Waals surface area contributed by atoms with E-state index in [0.717, 1.165) is 16.2 Å². The van der Waals surface area contributed by atoms with Crippen molar-refractivity contribution >= 4 is 28.9 Å². The highest BCUT2D eigenvalue weighted by Crippen LogP contribution is 2.27. The summed E-state index contributed by atoms with van der Waals surface area (Å²) in [5.74, 6) is -0.800. The quantitative estimate of drug-likeness (QED) is 0.530. The van der Waals surface area contributed by atoms with Crippen LogP contribution in [0, 0.1) is 17.0 Å². The number of nitrogens with one attached hydrogen (secondary N) is 1. The van der Waals surface area contributed by atoms with E-state index in [0.29, 0.717) is 0 Å². The topological polar surface area (TPSA) is 92.6 Å². The molecule has 0 bridgehead atoms. The molecule has 2 amide bonds. The molecular formula is C17H15N3O4. The van der Waals surface area contributed by atoms with Gasteiger partial charge < -0.3 is 5.32 Å². The van der Waals surface area contributed by atoms with Gasteiger partial charge in [0.2, 0.25) is 5.91 Å². The van der Waals surface area contributed by atoms with E-state index in [2.05, 4.69) is 5.32 Å². The first kappa shape index (κ1) is 15.7. The number of aryl methyl sites for hydroxylation is 1. The lowest BCUT2D eigenvalue weighted by molar-refractivity contribution is -0.384. The first-order valence-corrected chi connectivity index (χ1v) is 7.40. The minimum absolute atomic E-state index is 0.00933. The van der Waals surface area contributed by atoms with Gasteiger partial charge in [0.1, 0.15) is 6.04 Å². The van der Waals surface area contributed by atoms with E-state index in [-0.39, 0.29) is 23.7 Å². The van der Waals surface area contributed by atoms with Crippen LogP contribution in [0.25, 0.3) is 0 Å². The lowest BCUT2D eigenvalue weighted by Crippen LogP contribution is -2.34. The minimum atomic E-state index is -0.681. The summed E-state index contributed by atoms with van der Waals surface area (Å²) in [6, 6.07) is 12.3. The number of imide groups is 1. The van der Waals surface area contributed by atoms with Gasteiger partial charge in [0.25, 0.3) is 11.6 Å². The van der Waals surface area contributed by atoms with Gasteiger partial charge in [-0.05, 0) is 25.1 Å². The van der Waals surface area contributed by atoms with E-state index in [1.54, 1.807) is 0 Å². The second-order valence-corrected chi connectivity index (χ2v) is 5.61. The number of nitrogens with zero attached hydrogens (tertiary/aromatic N) is 2. The Kier molecular flexibility index (Phi) is 3.99. The first-order chi connectivity index (χ1) is 11.5. The van der Waals surface area contributed by atoms with Gasteiger partial charge in [0, 0.05) is 17.8 Å². The van der Waals surface area contributed by atoms with Gasteiger partial charge in [-0.1, -0.05) is 23.8 Å². The highest BCUT2D eigenvalue weighted by molar-refractivity contribution is 6.23. The number of anilines is 2. The monoisotopic (exact) mass is 325 g/mol. The number of amides is 2. The molecule has 0 spiro atoms.